The highest BCUT2D eigenvalue weighted by atomic mass is 16.5. The molecule has 0 heterocycles. The fourth-order valence-corrected chi connectivity index (χ4v) is 3.23. The second-order valence-electron chi connectivity index (χ2n) is 7.72. The quantitative estimate of drug-likeness (QED) is 0.196. The monoisotopic (exact) mass is 410 g/mol. The zero-order valence-corrected chi connectivity index (χ0v) is 18.9. The van der Waals surface area contributed by atoms with Crippen LogP contribution in [0.2, 0.25) is 0 Å². The molecule has 1 aromatic carbocycles. The van der Waals surface area contributed by atoms with Crippen LogP contribution in [-0.4, -0.2) is 13.2 Å². The minimum atomic E-state index is 0.0811. The fraction of sp³-hybridized carbons (Fsp3) is 0.615. The Kier molecular flexibility index (Phi) is 14.8. The molecule has 0 atom stereocenters. The average molecular weight is 411 g/mol. The molecule has 0 unspecified atom stereocenters. The van der Waals surface area contributed by atoms with Crippen molar-refractivity contribution in [3.8, 4) is 23.6 Å². The van der Waals surface area contributed by atoms with E-state index in [-0.39, 0.29) is 5.57 Å². The van der Waals surface area contributed by atoms with Gasteiger partial charge in [-0.1, -0.05) is 84.1 Å². The molecule has 0 radical (unpaired) electrons. The van der Waals surface area contributed by atoms with Crippen molar-refractivity contribution in [2.24, 2.45) is 0 Å². The van der Waals surface area contributed by atoms with E-state index in [1.54, 1.807) is 6.08 Å². The van der Waals surface area contributed by atoms with Crippen LogP contribution in [0.15, 0.2) is 23.8 Å². The lowest BCUT2D eigenvalue weighted by Gasteiger charge is -2.14. The molecule has 0 aliphatic rings. The molecule has 0 bridgehead atoms. The maximum absolute atomic E-state index is 9.00. The van der Waals surface area contributed by atoms with Gasteiger partial charge >= 0.3 is 0 Å². The van der Waals surface area contributed by atoms with Gasteiger partial charge in [-0.3, -0.25) is 0 Å². The van der Waals surface area contributed by atoms with E-state index in [1.807, 2.05) is 30.3 Å². The Morgan fingerprint density at radius 1 is 0.733 bits per heavy atom. The smallest absolute Gasteiger partial charge is 0.161 e. The number of benzene rings is 1. The van der Waals surface area contributed by atoms with Crippen molar-refractivity contribution in [1.82, 2.24) is 0 Å². The molecule has 0 fully saturated rings. The van der Waals surface area contributed by atoms with Crippen molar-refractivity contribution in [1.29, 1.82) is 10.5 Å². The molecule has 4 heteroatoms. The summed E-state index contributed by atoms with van der Waals surface area (Å²) in [5.74, 6) is 1.43. The molecule has 30 heavy (non-hydrogen) atoms. The van der Waals surface area contributed by atoms with Crippen LogP contribution in [0.3, 0.4) is 0 Å². The molecular weight excluding hydrogens is 372 g/mol. The lowest BCUT2D eigenvalue weighted by molar-refractivity contribution is 0.258. The third-order valence-electron chi connectivity index (χ3n) is 5.03. The SMILES string of the molecule is CCCCCCCCOc1ccc(C=C(C#N)C#N)cc1OCCCCCCCC. The first kappa shape index (κ1) is 25.6. The highest BCUT2D eigenvalue weighted by Crippen LogP contribution is 2.30. The molecule has 0 saturated heterocycles. The lowest BCUT2D eigenvalue weighted by Crippen LogP contribution is -2.03. The Labute approximate surface area is 183 Å². The number of rotatable bonds is 17. The molecule has 1 aromatic rings. The second-order valence-corrected chi connectivity index (χ2v) is 7.72. The van der Waals surface area contributed by atoms with E-state index in [4.69, 9.17) is 20.0 Å². The topological polar surface area (TPSA) is 66.0 Å². The standard InChI is InChI=1S/C26H38N2O2/c1-3-5-7-9-11-13-17-29-25-16-15-23(19-24(21-27)22-28)20-26(25)30-18-14-12-10-8-6-4-2/h15-16,19-20H,3-14,17-18H2,1-2H3. The number of unbranched alkanes of at least 4 members (excludes halogenated alkanes) is 10. The zero-order chi connectivity index (χ0) is 21.9. The van der Waals surface area contributed by atoms with Gasteiger partial charge in [0.1, 0.15) is 17.7 Å². The molecule has 0 N–H and O–H groups in total. The van der Waals surface area contributed by atoms with Crippen LogP contribution in [0.5, 0.6) is 11.5 Å². The molecule has 4 nitrogen and oxygen atoms in total. The van der Waals surface area contributed by atoms with Crippen LogP contribution >= 0.6 is 0 Å². The maximum atomic E-state index is 9.00. The first-order valence-electron chi connectivity index (χ1n) is 11.7. The van der Waals surface area contributed by atoms with Gasteiger partial charge in [-0.2, -0.15) is 10.5 Å². The summed E-state index contributed by atoms with van der Waals surface area (Å²) in [5.41, 5.74) is 0.857. The maximum Gasteiger partial charge on any atom is 0.161 e. The first-order valence-corrected chi connectivity index (χ1v) is 11.7. The van der Waals surface area contributed by atoms with Gasteiger partial charge in [0.2, 0.25) is 0 Å². The van der Waals surface area contributed by atoms with Crippen LogP contribution in [0, 0.1) is 22.7 Å². The molecule has 1 rings (SSSR count). The number of nitriles is 2. The molecular formula is C26H38N2O2. The van der Waals surface area contributed by atoms with Crippen LogP contribution < -0.4 is 9.47 Å². The summed E-state index contributed by atoms with van der Waals surface area (Å²) >= 11 is 0. The number of allylic oxidation sites excluding steroid dienone is 1. The largest absolute Gasteiger partial charge is 0.490 e. The van der Waals surface area contributed by atoms with Crippen LogP contribution in [-0.2, 0) is 0 Å². The minimum Gasteiger partial charge on any atom is -0.490 e. The Hall–Kier alpha value is -2.46. The molecule has 0 amide bonds. The Bertz CT molecular complexity index is 682. The van der Waals surface area contributed by atoms with Gasteiger partial charge in [0, 0.05) is 0 Å². The van der Waals surface area contributed by atoms with Crippen LogP contribution in [0.1, 0.15) is 96.5 Å². The minimum absolute atomic E-state index is 0.0811. The van der Waals surface area contributed by atoms with E-state index in [0.717, 1.165) is 24.2 Å². The summed E-state index contributed by atoms with van der Waals surface area (Å²) in [6.45, 7) is 5.78. The van der Waals surface area contributed by atoms with Gasteiger partial charge < -0.3 is 9.47 Å². The Morgan fingerprint density at radius 2 is 1.23 bits per heavy atom. The van der Waals surface area contributed by atoms with E-state index in [2.05, 4.69) is 13.8 Å². The Morgan fingerprint density at radius 3 is 1.77 bits per heavy atom. The van der Waals surface area contributed by atoms with Crippen LogP contribution in [0.4, 0.5) is 0 Å². The fourth-order valence-electron chi connectivity index (χ4n) is 3.23. The van der Waals surface area contributed by atoms with E-state index in [9.17, 15) is 0 Å². The van der Waals surface area contributed by atoms with Gasteiger partial charge in [-0.25, -0.2) is 0 Å². The third kappa shape index (κ3) is 11.5. The zero-order valence-electron chi connectivity index (χ0n) is 18.9. The van der Waals surface area contributed by atoms with Gasteiger partial charge in [0.05, 0.1) is 13.2 Å². The van der Waals surface area contributed by atoms with Crippen molar-refractivity contribution in [3.05, 3.63) is 29.3 Å². The molecule has 0 aliphatic heterocycles. The van der Waals surface area contributed by atoms with Crippen molar-refractivity contribution in [2.75, 3.05) is 13.2 Å². The second kappa shape index (κ2) is 17.4. The predicted octanol–water partition coefficient (Wildman–Crippen LogP) is 7.60. The molecule has 0 aliphatic carbocycles. The summed E-state index contributed by atoms with van der Waals surface area (Å²) in [7, 11) is 0. The molecule has 0 spiro atoms. The van der Waals surface area contributed by atoms with Crippen molar-refractivity contribution >= 4 is 6.08 Å². The number of nitrogens with zero attached hydrogens (tertiary/aromatic N) is 2. The average Bonchev–Trinajstić information content (AvgIpc) is 2.77. The molecule has 0 aromatic heterocycles. The lowest BCUT2D eigenvalue weighted by atomic mass is 10.1. The normalized spacial score (nSPS) is 10.1. The van der Waals surface area contributed by atoms with Gasteiger partial charge in [-0.05, 0) is 36.6 Å². The Balaban J connectivity index is 2.62. The third-order valence-corrected chi connectivity index (χ3v) is 5.03. The predicted molar refractivity (Wildman–Crippen MR) is 123 cm³/mol. The van der Waals surface area contributed by atoms with Crippen molar-refractivity contribution in [2.45, 2.75) is 90.9 Å². The van der Waals surface area contributed by atoms with Gasteiger partial charge in [0.15, 0.2) is 11.5 Å². The van der Waals surface area contributed by atoms with Crippen molar-refractivity contribution < 1.29 is 9.47 Å². The number of hydrogen-bond acceptors (Lipinski definition) is 4. The summed E-state index contributed by atoms with van der Waals surface area (Å²) in [5, 5.41) is 18.0. The highest BCUT2D eigenvalue weighted by Gasteiger charge is 2.07. The summed E-state index contributed by atoms with van der Waals surface area (Å²) in [4.78, 5) is 0. The van der Waals surface area contributed by atoms with Gasteiger partial charge in [0.25, 0.3) is 0 Å². The number of hydrogen-bond donors (Lipinski definition) is 0. The molecule has 0 saturated carbocycles. The van der Waals surface area contributed by atoms with E-state index in [0.29, 0.717) is 19.0 Å². The number of ether oxygens (including phenoxy) is 2. The summed E-state index contributed by atoms with van der Waals surface area (Å²) in [6.07, 6.45) is 16.2. The summed E-state index contributed by atoms with van der Waals surface area (Å²) < 4.78 is 12.0. The van der Waals surface area contributed by atoms with E-state index in [1.165, 1.54) is 64.2 Å². The first-order chi connectivity index (χ1) is 14.7. The summed E-state index contributed by atoms with van der Waals surface area (Å²) in [6, 6.07) is 9.41. The highest BCUT2D eigenvalue weighted by molar-refractivity contribution is 5.64. The van der Waals surface area contributed by atoms with Gasteiger partial charge in [-0.15, -0.1) is 0 Å². The van der Waals surface area contributed by atoms with E-state index < -0.39 is 0 Å². The molecule has 164 valence electrons. The van der Waals surface area contributed by atoms with E-state index >= 15 is 0 Å². The van der Waals surface area contributed by atoms with Crippen LogP contribution in [0.25, 0.3) is 6.08 Å². The van der Waals surface area contributed by atoms with Crippen molar-refractivity contribution in [3.63, 3.8) is 0 Å².